The zero-order valence-corrected chi connectivity index (χ0v) is 77.1. The van der Waals surface area contributed by atoms with Gasteiger partial charge < -0.3 is 5.73 Å². The number of aromatic nitrogens is 6. The zero-order chi connectivity index (χ0) is 98.6. The van der Waals surface area contributed by atoms with Crippen molar-refractivity contribution in [2.45, 2.75) is 72.1 Å². The van der Waals surface area contributed by atoms with E-state index in [1.807, 2.05) is 27.7 Å². The van der Waals surface area contributed by atoms with Crippen LogP contribution in [0.5, 0.6) is 0 Å². The molecule has 0 saturated heterocycles. The molecule has 0 spiro atoms. The van der Waals surface area contributed by atoms with Crippen molar-refractivity contribution in [2.75, 3.05) is 13.1 Å². The molecule has 2 aliphatic rings. The van der Waals surface area contributed by atoms with Crippen molar-refractivity contribution in [2.24, 2.45) is 16.6 Å². The molecule has 0 aliphatic carbocycles. The summed E-state index contributed by atoms with van der Waals surface area (Å²) in [5.74, 6) is -0.687. The fraction of sp³-hybridized carbons (Fsp3) is 0.119. The smallest absolute Gasteiger partial charge is 0.261 e. The highest BCUT2D eigenvalue weighted by atomic mass is 80.9. The van der Waals surface area contributed by atoms with Gasteiger partial charge in [-0.1, -0.05) is 114 Å². The van der Waals surface area contributed by atoms with Gasteiger partial charge in [0.05, 0.1) is 33.6 Å². The molecule has 0 saturated carbocycles. The lowest BCUT2D eigenvalue weighted by Gasteiger charge is -2.19. The Morgan fingerprint density at radius 1 is 0.353 bits per heavy atom. The summed E-state index contributed by atoms with van der Waals surface area (Å²) in [5.41, 5.74) is 204. The Morgan fingerprint density at radius 3 is 0.750 bits per heavy atom. The lowest BCUT2D eigenvalue weighted by Crippen LogP contribution is -2.38. The van der Waals surface area contributed by atoms with E-state index in [4.69, 9.17) is 28.9 Å². The minimum atomic E-state index is -0.349. The van der Waals surface area contributed by atoms with Gasteiger partial charge in [0.15, 0.2) is 17.3 Å². The van der Waals surface area contributed by atoms with Crippen molar-refractivity contribution in [1.82, 2.24) is 39.8 Å². The number of fused-ring (bicyclic) bond motifs is 3. The van der Waals surface area contributed by atoms with Crippen LogP contribution in [0.2, 0.25) is 10.0 Å². The Labute approximate surface area is 805 Å². The molecule has 0 fully saturated rings. The van der Waals surface area contributed by atoms with E-state index in [1.54, 1.807) is 60.1 Å². The van der Waals surface area contributed by atoms with E-state index in [1.165, 1.54) is 9.80 Å². The second-order valence-electron chi connectivity index (χ2n) is 25.5. The average Bonchev–Trinajstić information content (AvgIpc) is 1.61. The average molecular weight is 1900 g/mol. The molecule has 2 aromatic carbocycles. The second kappa shape index (κ2) is 65.8. The SMILES string of the molecule is BrBr.C=C=C=C=C=C=C=C=C=C=C=C=C=C=C=C=C=C=C=C=C=C=C=C=C=C=C=C=C=C=C=C=C=C=C=C=C=C=C=C=C=C=C=C=C=C=C=C=C=C=C=C=C=C=C=C=C=C=C=C=C=C=C=C=C=C=C=C=C=C=C=C=C=C=C=C=C=C=C=C.CC(CN1C(=O)c2ccccc2C1=O)C(N)=Nc1n[nH]c(C(C)(C)C)c1Cl.CC(CN1C(=O)c2ccccc2C1=O)c1nc2c(Cl)c(C(C)(C)C)[nH]n2n1. The van der Waals surface area contributed by atoms with Crippen LogP contribution in [0.4, 0.5) is 5.82 Å². The number of rotatable bonds is 7. The highest BCUT2D eigenvalue weighted by Gasteiger charge is 2.38. The third-order valence-electron chi connectivity index (χ3n) is 14.2. The summed E-state index contributed by atoms with van der Waals surface area (Å²) in [6, 6.07) is 13.6. The van der Waals surface area contributed by atoms with Crippen LogP contribution in [-0.4, -0.2) is 82.4 Å². The van der Waals surface area contributed by atoms with E-state index < -0.39 is 0 Å². The maximum absolute atomic E-state index is 12.5. The minimum absolute atomic E-state index is 0.135. The molecule has 620 valence electrons. The van der Waals surface area contributed by atoms with Gasteiger partial charge in [0.1, 0.15) is 15.9 Å². The van der Waals surface area contributed by atoms with Crippen LogP contribution in [-0.2, 0) is 10.8 Å². The molecule has 4 N–H and O–H groups in total. The van der Waals surface area contributed by atoms with Gasteiger partial charge in [0.25, 0.3) is 23.6 Å². The second-order valence-corrected chi connectivity index (χ2v) is 26.2. The number of nitrogens with one attached hydrogen (secondary N) is 2. The fourth-order valence-electron chi connectivity index (χ4n) is 8.58. The van der Waals surface area contributed by atoms with Gasteiger partial charge in [-0.3, -0.25) is 39.2 Å². The molecule has 2 unspecified atom stereocenters. The number of aromatic amines is 2. The number of amides is 4. The fourth-order valence-corrected chi connectivity index (χ4v) is 9.43. The van der Waals surface area contributed by atoms with E-state index in [2.05, 4.69) is 540 Å². The Kier molecular flexibility index (Phi) is 51.5. The molecule has 3 aromatic heterocycles. The van der Waals surface area contributed by atoms with Gasteiger partial charge in [0, 0.05) is 408 Å². The number of hydrogen-bond donors (Lipinski definition) is 3. The molecule has 4 amide bonds. The summed E-state index contributed by atoms with van der Waals surface area (Å²) in [6.45, 7) is 22.8. The zero-order valence-electron chi connectivity index (χ0n) is 72.5. The monoisotopic (exact) mass is 1890 g/mol. The number of imide groups is 2. The molecule has 18 heteroatoms. The number of H-pyrrole nitrogens is 2. The quantitative estimate of drug-likeness (QED) is 0.0621. The number of aliphatic imine (C=N–C) groups is 1. The number of benzene rings is 2. The largest absolute Gasteiger partial charge is 0.387 e. The first-order chi connectivity index (χ1) is 66.2. The lowest BCUT2D eigenvalue weighted by molar-refractivity contribution is 0.0629. The molecule has 5 aromatic rings. The van der Waals surface area contributed by atoms with Gasteiger partial charge in [-0.25, -0.2) is 9.98 Å². The molecule has 2 aliphatic heterocycles. The third-order valence-corrected chi connectivity index (χ3v) is 14.9. The molecular formula is C118H46Br2Cl2N10O4. The molecule has 7 rings (SSSR count). The molecule has 5 heterocycles. The molecule has 136 heavy (non-hydrogen) atoms. The third kappa shape index (κ3) is 43.7. The van der Waals surface area contributed by atoms with Gasteiger partial charge in [-0.05, 0) is 129 Å². The van der Waals surface area contributed by atoms with E-state index in [0.29, 0.717) is 49.6 Å². The molecule has 14 nitrogen and oxygen atoms in total. The first-order valence-corrected chi connectivity index (χ1v) is 42.0. The van der Waals surface area contributed by atoms with Crippen LogP contribution in [0.3, 0.4) is 0 Å². The Bertz CT molecular complexity index is 9000. The molecule has 2 atom stereocenters. The summed E-state index contributed by atoms with van der Waals surface area (Å²) in [6.07, 6.45) is 0. The van der Waals surface area contributed by atoms with Crippen LogP contribution in [0, 0.1) is 5.92 Å². The summed E-state index contributed by atoms with van der Waals surface area (Å²) < 4.78 is 1.55. The number of carbonyl (C=O) groups excluding carboxylic acids is 4. The van der Waals surface area contributed by atoms with Crippen LogP contribution in [0.1, 0.15) is 120 Å². The Balaban J connectivity index is 0.000000545. The van der Waals surface area contributed by atoms with Gasteiger partial charge >= 0.3 is 0 Å². The van der Waals surface area contributed by atoms with Crippen LogP contribution >= 0.6 is 51.5 Å². The Morgan fingerprint density at radius 2 is 0.559 bits per heavy atom. The van der Waals surface area contributed by atoms with Gasteiger partial charge in [0.2, 0.25) is 0 Å². The van der Waals surface area contributed by atoms with E-state index >= 15 is 0 Å². The summed E-state index contributed by atoms with van der Waals surface area (Å²) in [5, 5.41) is 15.6. The van der Waals surface area contributed by atoms with Crippen molar-refractivity contribution >= 4 is 92.4 Å². The van der Waals surface area contributed by atoms with Gasteiger partial charge in [-0.15, -0.1) is 5.10 Å². The van der Waals surface area contributed by atoms with Crippen molar-refractivity contribution in [1.29, 1.82) is 0 Å². The number of halogens is 4. The maximum atomic E-state index is 12.5. The first kappa shape index (κ1) is 107. The predicted molar refractivity (Wildman–Crippen MR) is 509 cm³/mol. The summed E-state index contributed by atoms with van der Waals surface area (Å²) in [4.78, 5) is 61.3. The molecule has 0 bridgehead atoms. The van der Waals surface area contributed by atoms with Crippen molar-refractivity contribution in [3.05, 3.63) is 558 Å². The van der Waals surface area contributed by atoms with Gasteiger partial charge in [-0.2, -0.15) is 9.73 Å². The van der Waals surface area contributed by atoms with E-state index in [-0.39, 0.29) is 65.2 Å². The van der Waals surface area contributed by atoms with E-state index in [0.717, 1.165) is 11.4 Å². The number of amidine groups is 1. The number of nitrogens with zero attached hydrogens (tertiary/aromatic N) is 7. The van der Waals surface area contributed by atoms with Crippen molar-refractivity contribution < 1.29 is 19.2 Å². The minimum Gasteiger partial charge on any atom is -0.387 e. The lowest BCUT2D eigenvalue weighted by atomic mass is 9.92. The molecular weight excluding hydrogens is 1850 g/mol. The summed E-state index contributed by atoms with van der Waals surface area (Å²) in [7, 11) is 0. The predicted octanol–water partition coefficient (Wildman–Crippen LogP) is 21.3. The summed E-state index contributed by atoms with van der Waals surface area (Å²) >= 11 is 18.3. The van der Waals surface area contributed by atoms with Crippen LogP contribution < -0.4 is 5.73 Å². The Hall–Kier alpha value is -21.8. The highest BCUT2D eigenvalue weighted by molar-refractivity contribution is 9.93. The highest BCUT2D eigenvalue weighted by Crippen LogP contribution is 2.35. The number of hydrogen-bond acceptors (Lipinski definition) is 8. The first-order valence-electron chi connectivity index (χ1n) is 37.5. The molecule has 0 radical (unpaired) electrons. The van der Waals surface area contributed by atoms with Crippen LogP contribution in [0.25, 0.3) is 5.65 Å². The van der Waals surface area contributed by atoms with Crippen molar-refractivity contribution in [3.63, 3.8) is 0 Å². The standard InChI is InChI=1S/C80H4.C19H20ClN5O2.C19H22ClN5O2.Br2/c1-3-5-7-9-11-13-15-17-19-21-23-25-27-29-31-33-35-37-39-41-43-45-47-49-51-53-55-57-59-61-63-65-67-69-71-73-75-77-79-80-78-76-74-72-70-68-66-64-62-60-58-56-54-52-50-48-46-44-42-40-38-36-34-32-30-28-26-24-22-20-18-16-14-12-10-8-6-4-2;1-10(9-24-17(26)11-7-5-6-8-12(11)18(24)27)15-21-16-13(20)14(19(2,3)4)22-25(16)23-15;1-10(9-25-17(26)11-7-5-6-8-12(11)18(25)27)15(21)22-16-13(20)14(23-24-16)19(2,3)4;1-2/h1-2H2;5-8,10,22H,9H2,1-4H3;5-8,10H,9H2,1-4H3,(H3,21,22,23,24);. The van der Waals surface area contributed by atoms with E-state index in [9.17, 15) is 19.2 Å². The van der Waals surface area contributed by atoms with Crippen LogP contribution in [0.15, 0.2) is 514 Å². The topological polar surface area (TPSA) is 188 Å². The van der Waals surface area contributed by atoms with Crippen molar-refractivity contribution in [3.8, 4) is 0 Å². The number of carbonyl (C=O) groups is 4. The number of nitrogens with two attached hydrogens (primary N) is 1. The normalized spacial score (nSPS) is 8.66. The maximum Gasteiger partial charge on any atom is 0.261 e.